The van der Waals surface area contributed by atoms with Gasteiger partial charge in [0.05, 0.1) is 0 Å². The Labute approximate surface area is 103 Å². The molecule has 2 aromatic carbocycles. The van der Waals surface area contributed by atoms with Crippen LogP contribution in [0.25, 0.3) is 11.1 Å². The summed E-state index contributed by atoms with van der Waals surface area (Å²) in [4.78, 5) is 0. The summed E-state index contributed by atoms with van der Waals surface area (Å²) in [5.41, 5.74) is 4.69. The molecule has 0 aliphatic heterocycles. The van der Waals surface area contributed by atoms with Crippen LogP contribution < -0.4 is 0 Å². The van der Waals surface area contributed by atoms with E-state index in [0.717, 1.165) is 24.0 Å². The Hall–Kier alpha value is -1.76. The Morgan fingerprint density at radius 3 is 2.41 bits per heavy atom. The Morgan fingerprint density at radius 2 is 1.71 bits per heavy atom. The summed E-state index contributed by atoms with van der Waals surface area (Å²) in [6.07, 6.45) is 1.88. The van der Waals surface area contributed by atoms with Crippen molar-refractivity contribution in [3.05, 3.63) is 53.6 Å². The molecule has 0 radical (unpaired) electrons. The van der Waals surface area contributed by atoms with Crippen LogP contribution in [-0.2, 0) is 12.8 Å². The maximum Gasteiger partial charge on any atom is 0.119 e. The molecule has 0 saturated carbocycles. The molecule has 0 aliphatic carbocycles. The fraction of sp³-hybridized carbons (Fsp3) is 0.250. The minimum Gasteiger partial charge on any atom is -0.508 e. The van der Waals surface area contributed by atoms with Crippen LogP contribution in [-0.4, -0.2) is 5.11 Å². The summed E-state index contributed by atoms with van der Waals surface area (Å²) in [6.45, 7) is 4.23. The SMILES string of the molecule is CCc1cccc(-c2cccc(O)c2CC)c1. The van der Waals surface area contributed by atoms with Crippen LogP contribution in [0.2, 0.25) is 0 Å². The Morgan fingerprint density at radius 1 is 0.941 bits per heavy atom. The minimum atomic E-state index is 0.395. The van der Waals surface area contributed by atoms with Gasteiger partial charge in [0.15, 0.2) is 0 Å². The van der Waals surface area contributed by atoms with Crippen molar-refractivity contribution in [3.63, 3.8) is 0 Å². The number of hydrogen-bond acceptors (Lipinski definition) is 1. The molecule has 0 unspecified atom stereocenters. The molecule has 1 nitrogen and oxygen atoms in total. The van der Waals surface area contributed by atoms with Gasteiger partial charge in [-0.25, -0.2) is 0 Å². The van der Waals surface area contributed by atoms with E-state index >= 15 is 0 Å². The summed E-state index contributed by atoms with van der Waals surface area (Å²) in [7, 11) is 0. The van der Waals surface area contributed by atoms with E-state index < -0.39 is 0 Å². The molecule has 0 aliphatic rings. The predicted octanol–water partition coefficient (Wildman–Crippen LogP) is 4.18. The van der Waals surface area contributed by atoms with Gasteiger partial charge >= 0.3 is 0 Å². The van der Waals surface area contributed by atoms with Crippen molar-refractivity contribution < 1.29 is 5.11 Å². The second-order valence-electron chi connectivity index (χ2n) is 4.21. The van der Waals surface area contributed by atoms with Crippen molar-refractivity contribution in [1.29, 1.82) is 0 Å². The molecule has 2 rings (SSSR count). The molecule has 0 heterocycles. The van der Waals surface area contributed by atoms with E-state index in [1.807, 2.05) is 6.07 Å². The van der Waals surface area contributed by atoms with Gasteiger partial charge in [-0.1, -0.05) is 50.2 Å². The lowest BCUT2D eigenvalue weighted by Gasteiger charge is -2.10. The number of aryl methyl sites for hydroxylation is 1. The first kappa shape index (κ1) is 11.7. The first-order valence-corrected chi connectivity index (χ1v) is 6.16. The maximum atomic E-state index is 9.88. The predicted molar refractivity (Wildman–Crippen MR) is 72.3 cm³/mol. The lowest BCUT2D eigenvalue weighted by atomic mass is 9.95. The molecule has 0 fully saturated rings. The average Bonchev–Trinajstić information content (AvgIpc) is 2.38. The van der Waals surface area contributed by atoms with Crippen molar-refractivity contribution in [3.8, 4) is 16.9 Å². The third-order valence-electron chi connectivity index (χ3n) is 3.15. The first-order valence-electron chi connectivity index (χ1n) is 6.16. The van der Waals surface area contributed by atoms with Crippen LogP contribution in [0.4, 0.5) is 0 Å². The second-order valence-corrected chi connectivity index (χ2v) is 4.21. The standard InChI is InChI=1S/C16H18O/c1-3-12-7-5-8-13(11-12)15-9-6-10-16(17)14(15)4-2/h5-11,17H,3-4H2,1-2H3. The van der Waals surface area contributed by atoms with E-state index in [0.29, 0.717) is 5.75 Å². The maximum absolute atomic E-state index is 9.88. The van der Waals surface area contributed by atoms with Crippen molar-refractivity contribution in [2.45, 2.75) is 26.7 Å². The van der Waals surface area contributed by atoms with Crippen LogP contribution in [0.15, 0.2) is 42.5 Å². The van der Waals surface area contributed by atoms with Gasteiger partial charge in [-0.15, -0.1) is 0 Å². The van der Waals surface area contributed by atoms with Crippen molar-refractivity contribution >= 4 is 0 Å². The average molecular weight is 226 g/mol. The molecule has 1 N–H and O–H groups in total. The van der Waals surface area contributed by atoms with E-state index in [2.05, 4.69) is 44.2 Å². The van der Waals surface area contributed by atoms with Gasteiger partial charge in [0.1, 0.15) is 5.75 Å². The Bertz CT molecular complexity index is 515. The van der Waals surface area contributed by atoms with Crippen molar-refractivity contribution in [2.24, 2.45) is 0 Å². The fourth-order valence-electron chi connectivity index (χ4n) is 2.18. The zero-order valence-electron chi connectivity index (χ0n) is 10.4. The van der Waals surface area contributed by atoms with Crippen LogP contribution in [0, 0.1) is 0 Å². The van der Waals surface area contributed by atoms with E-state index in [4.69, 9.17) is 0 Å². The number of hydrogen-bond donors (Lipinski definition) is 1. The van der Waals surface area contributed by atoms with E-state index in [9.17, 15) is 5.11 Å². The van der Waals surface area contributed by atoms with E-state index in [-0.39, 0.29) is 0 Å². The molecule has 0 saturated heterocycles. The second kappa shape index (κ2) is 5.05. The molecule has 2 aromatic rings. The summed E-state index contributed by atoms with van der Waals surface area (Å²) in [5, 5.41) is 9.88. The van der Waals surface area contributed by atoms with Gasteiger partial charge in [-0.05, 0) is 35.6 Å². The largest absolute Gasteiger partial charge is 0.508 e. The quantitative estimate of drug-likeness (QED) is 0.832. The number of benzene rings is 2. The summed E-state index contributed by atoms with van der Waals surface area (Å²) < 4.78 is 0. The molecule has 17 heavy (non-hydrogen) atoms. The molecule has 0 amide bonds. The van der Waals surface area contributed by atoms with Crippen molar-refractivity contribution in [1.82, 2.24) is 0 Å². The summed E-state index contributed by atoms with van der Waals surface area (Å²) in [6, 6.07) is 14.3. The zero-order chi connectivity index (χ0) is 12.3. The zero-order valence-corrected chi connectivity index (χ0v) is 10.4. The highest BCUT2D eigenvalue weighted by atomic mass is 16.3. The molecule has 0 bridgehead atoms. The highest BCUT2D eigenvalue weighted by Gasteiger charge is 2.07. The summed E-state index contributed by atoms with van der Waals surface area (Å²) >= 11 is 0. The number of phenols is 1. The number of phenolic OH excluding ortho intramolecular Hbond substituents is 1. The van der Waals surface area contributed by atoms with Gasteiger partial charge in [0.25, 0.3) is 0 Å². The highest BCUT2D eigenvalue weighted by Crippen LogP contribution is 2.30. The molecule has 1 heteroatoms. The number of rotatable bonds is 3. The lowest BCUT2D eigenvalue weighted by Crippen LogP contribution is -1.89. The molecule has 0 aromatic heterocycles. The van der Waals surface area contributed by atoms with Crippen molar-refractivity contribution in [2.75, 3.05) is 0 Å². The monoisotopic (exact) mass is 226 g/mol. The van der Waals surface area contributed by atoms with E-state index in [1.165, 1.54) is 11.1 Å². The normalized spacial score (nSPS) is 10.5. The minimum absolute atomic E-state index is 0.395. The van der Waals surface area contributed by atoms with Crippen LogP contribution in [0.3, 0.4) is 0 Å². The van der Waals surface area contributed by atoms with Gasteiger partial charge in [0, 0.05) is 5.56 Å². The third-order valence-corrected chi connectivity index (χ3v) is 3.15. The summed E-state index contributed by atoms with van der Waals surface area (Å²) in [5.74, 6) is 0.395. The number of aromatic hydroxyl groups is 1. The van der Waals surface area contributed by atoms with Gasteiger partial charge in [0.2, 0.25) is 0 Å². The Balaban J connectivity index is 2.55. The first-order chi connectivity index (χ1) is 8.26. The molecule has 0 spiro atoms. The molecule has 88 valence electrons. The third kappa shape index (κ3) is 2.33. The van der Waals surface area contributed by atoms with Gasteiger partial charge < -0.3 is 5.11 Å². The Kier molecular flexibility index (Phi) is 3.48. The topological polar surface area (TPSA) is 20.2 Å². The lowest BCUT2D eigenvalue weighted by molar-refractivity contribution is 0.469. The molecular formula is C16H18O. The van der Waals surface area contributed by atoms with Crippen LogP contribution in [0.1, 0.15) is 25.0 Å². The fourth-order valence-corrected chi connectivity index (χ4v) is 2.18. The van der Waals surface area contributed by atoms with Crippen LogP contribution >= 0.6 is 0 Å². The molecule has 0 atom stereocenters. The highest BCUT2D eigenvalue weighted by molar-refractivity contribution is 5.70. The smallest absolute Gasteiger partial charge is 0.119 e. The van der Waals surface area contributed by atoms with Gasteiger partial charge in [-0.2, -0.15) is 0 Å². The van der Waals surface area contributed by atoms with Gasteiger partial charge in [-0.3, -0.25) is 0 Å². The molecular weight excluding hydrogens is 208 g/mol. The van der Waals surface area contributed by atoms with Crippen LogP contribution in [0.5, 0.6) is 5.75 Å². The van der Waals surface area contributed by atoms with E-state index in [1.54, 1.807) is 6.07 Å².